The van der Waals surface area contributed by atoms with E-state index in [1.807, 2.05) is 36.4 Å². The maximum Gasteiger partial charge on any atom is 0.0979 e. The molecule has 0 fully saturated rings. The molecule has 3 rings (SSSR count). The van der Waals surface area contributed by atoms with Crippen LogP contribution in [-0.4, -0.2) is 9.97 Å². The second-order valence-corrected chi connectivity index (χ2v) is 5.00. The minimum Gasteiger partial charge on any atom is -0.244 e. The number of nitrogens with zero attached hydrogens (tertiary/aromatic N) is 2. The Labute approximate surface area is 128 Å². The molecule has 0 aliphatic rings. The van der Waals surface area contributed by atoms with Gasteiger partial charge in [-0.15, -0.1) is 0 Å². The maximum absolute atomic E-state index is 4.78. The summed E-state index contributed by atoms with van der Waals surface area (Å²) in [6.07, 6.45) is 7.27. The zero-order valence-corrected chi connectivity index (χ0v) is 12.3. The molecule has 0 unspecified atom stereocenters. The molecule has 3 aromatic rings. The van der Waals surface area contributed by atoms with E-state index in [9.17, 15) is 0 Å². The molecule has 0 aliphatic heterocycles. The van der Waals surface area contributed by atoms with E-state index >= 15 is 0 Å². The molecule has 1 heterocycles. The lowest BCUT2D eigenvalue weighted by Crippen LogP contribution is -2.47. The quantitative estimate of drug-likeness (QED) is 0.667. The summed E-state index contributed by atoms with van der Waals surface area (Å²) in [5.74, 6) is 0. The van der Waals surface area contributed by atoms with Crippen molar-refractivity contribution in [3.8, 4) is 0 Å². The first-order valence-electron chi connectivity index (χ1n) is 6.99. The van der Waals surface area contributed by atoms with Gasteiger partial charge in [0.2, 0.25) is 0 Å². The van der Waals surface area contributed by atoms with Gasteiger partial charge in [-0.25, -0.2) is 9.97 Å². The van der Waals surface area contributed by atoms with Crippen molar-refractivity contribution < 1.29 is 0 Å². The number of hydrogen-bond acceptors (Lipinski definition) is 2. The van der Waals surface area contributed by atoms with Gasteiger partial charge in [0.05, 0.1) is 22.1 Å². The summed E-state index contributed by atoms with van der Waals surface area (Å²) in [5, 5.41) is 3.50. The highest BCUT2D eigenvalue weighted by atomic mass is 14.8. The monoisotopic (exact) mass is 284 g/mol. The average molecular weight is 284 g/mol. The Bertz CT molecular complexity index is 1050. The SMILES string of the molecule is C=C/C=c1\c(=C)c(=C)/c(=C\C=C)c2nc3ccccc3nc12. The van der Waals surface area contributed by atoms with Crippen LogP contribution in [0.15, 0.2) is 49.6 Å². The highest BCUT2D eigenvalue weighted by Gasteiger charge is 2.06. The summed E-state index contributed by atoms with van der Waals surface area (Å²) in [5.41, 5.74) is 3.33. The van der Waals surface area contributed by atoms with Crippen molar-refractivity contribution in [2.24, 2.45) is 0 Å². The molecule has 0 saturated carbocycles. The summed E-state index contributed by atoms with van der Waals surface area (Å²) in [6.45, 7) is 15.9. The van der Waals surface area contributed by atoms with Gasteiger partial charge in [0.1, 0.15) is 0 Å². The minimum absolute atomic E-state index is 0.809. The molecule has 0 spiro atoms. The largest absolute Gasteiger partial charge is 0.244 e. The third kappa shape index (κ3) is 2.06. The molecule has 0 radical (unpaired) electrons. The molecule has 0 bridgehead atoms. The predicted octanol–water partition coefficient (Wildman–Crippen LogP) is 1.54. The van der Waals surface area contributed by atoms with Crippen molar-refractivity contribution >= 4 is 47.4 Å². The molecule has 0 N–H and O–H groups in total. The summed E-state index contributed by atoms with van der Waals surface area (Å²) >= 11 is 0. The van der Waals surface area contributed by atoms with E-state index in [1.54, 1.807) is 12.2 Å². The fraction of sp³-hybridized carbons (Fsp3) is 0. The second kappa shape index (κ2) is 5.41. The normalized spacial score (nSPS) is 12.9. The van der Waals surface area contributed by atoms with Crippen LogP contribution in [0, 0.1) is 0 Å². The Hall–Kier alpha value is -3.00. The standard InChI is InChI=1S/C20H16N2/c1-5-9-15-13(3)14(4)16(10-6-2)20-19(15)21-17-11-7-8-12-18(17)22-20/h5-12H,1-4H2/b15-9+,16-10+. The van der Waals surface area contributed by atoms with E-state index in [0.29, 0.717) is 0 Å². The predicted molar refractivity (Wildman–Crippen MR) is 95.9 cm³/mol. The maximum atomic E-state index is 4.78. The molecular formula is C20H16N2. The van der Waals surface area contributed by atoms with Crippen LogP contribution < -0.4 is 20.9 Å². The van der Waals surface area contributed by atoms with Crippen LogP contribution in [0.3, 0.4) is 0 Å². The lowest BCUT2D eigenvalue weighted by Gasteiger charge is -2.04. The summed E-state index contributed by atoms with van der Waals surface area (Å²) in [4.78, 5) is 9.56. The van der Waals surface area contributed by atoms with Crippen LogP contribution in [0.1, 0.15) is 0 Å². The van der Waals surface area contributed by atoms with Gasteiger partial charge < -0.3 is 0 Å². The third-order valence-corrected chi connectivity index (χ3v) is 3.66. The number of allylic oxidation sites excluding steroid dienone is 2. The van der Waals surface area contributed by atoms with E-state index in [4.69, 9.17) is 9.97 Å². The van der Waals surface area contributed by atoms with E-state index in [-0.39, 0.29) is 0 Å². The summed E-state index contributed by atoms with van der Waals surface area (Å²) in [7, 11) is 0. The van der Waals surface area contributed by atoms with Gasteiger partial charge in [-0.1, -0.05) is 62.8 Å². The zero-order valence-electron chi connectivity index (χ0n) is 12.3. The van der Waals surface area contributed by atoms with Crippen LogP contribution >= 0.6 is 0 Å². The number of rotatable bonds is 2. The minimum atomic E-state index is 0.809. The summed E-state index contributed by atoms with van der Waals surface area (Å²) < 4.78 is 0. The number of fused-ring (bicyclic) bond motifs is 2. The van der Waals surface area contributed by atoms with Crippen LogP contribution in [0.4, 0.5) is 0 Å². The Kier molecular flexibility index (Phi) is 3.43. The highest BCUT2D eigenvalue weighted by molar-refractivity contribution is 5.87. The van der Waals surface area contributed by atoms with Crippen molar-refractivity contribution in [3.63, 3.8) is 0 Å². The lowest BCUT2D eigenvalue weighted by molar-refractivity contribution is 1.33. The number of para-hydroxylation sites is 2. The second-order valence-electron chi connectivity index (χ2n) is 5.00. The fourth-order valence-electron chi connectivity index (χ4n) is 2.58. The van der Waals surface area contributed by atoms with Crippen LogP contribution in [0.2, 0.25) is 0 Å². The number of aromatic nitrogens is 2. The van der Waals surface area contributed by atoms with Crippen LogP contribution in [-0.2, 0) is 0 Å². The molecule has 2 heteroatoms. The van der Waals surface area contributed by atoms with Crippen molar-refractivity contribution in [2.45, 2.75) is 0 Å². The molecule has 22 heavy (non-hydrogen) atoms. The molecule has 1 aromatic heterocycles. The first kappa shape index (κ1) is 14.0. The van der Waals surface area contributed by atoms with E-state index in [2.05, 4.69) is 26.3 Å². The van der Waals surface area contributed by atoms with E-state index < -0.39 is 0 Å². The first-order chi connectivity index (χ1) is 10.7. The highest BCUT2D eigenvalue weighted by Crippen LogP contribution is 2.10. The smallest absolute Gasteiger partial charge is 0.0979 e. The van der Waals surface area contributed by atoms with E-state index in [1.165, 1.54) is 0 Å². The van der Waals surface area contributed by atoms with Crippen molar-refractivity contribution in [1.29, 1.82) is 0 Å². The molecule has 2 nitrogen and oxygen atoms in total. The molecular weight excluding hydrogens is 268 g/mol. The fourth-order valence-corrected chi connectivity index (χ4v) is 2.58. The van der Waals surface area contributed by atoms with Crippen molar-refractivity contribution in [3.05, 3.63) is 70.4 Å². The Morgan fingerprint density at radius 3 is 1.50 bits per heavy atom. The Morgan fingerprint density at radius 1 is 0.727 bits per heavy atom. The number of benzene rings is 2. The third-order valence-electron chi connectivity index (χ3n) is 3.66. The van der Waals surface area contributed by atoms with Crippen molar-refractivity contribution in [1.82, 2.24) is 9.97 Å². The Balaban J connectivity index is 2.77. The lowest BCUT2D eigenvalue weighted by atomic mass is 10.1. The molecule has 0 saturated heterocycles. The summed E-state index contributed by atoms with van der Waals surface area (Å²) in [6, 6.07) is 7.82. The van der Waals surface area contributed by atoms with Gasteiger partial charge in [0.25, 0.3) is 0 Å². The van der Waals surface area contributed by atoms with Gasteiger partial charge in [-0.2, -0.15) is 0 Å². The molecule has 106 valence electrons. The van der Waals surface area contributed by atoms with Gasteiger partial charge in [-0.3, -0.25) is 0 Å². The van der Waals surface area contributed by atoms with Crippen molar-refractivity contribution in [2.75, 3.05) is 0 Å². The number of hydrogen-bond donors (Lipinski definition) is 0. The van der Waals surface area contributed by atoms with Crippen LogP contribution in [0.25, 0.3) is 47.4 Å². The van der Waals surface area contributed by atoms with Gasteiger partial charge in [-0.05, 0) is 22.6 Å². The molecule has 0 atom stereocenters. The Morgan fingerprint density at radius 2 is 1.14 bits per heavy atom. The molecule has 2 aromatic carbocycles. The van der Waals surface area contributed by atoms with Gasteiger partial charge >= 0.3 is 0 Å². The van der Waals surface area contributed by atoms with E-state index in [0.717, 1.165) is 42.9 Å². The average Bonchev–Trinajstić information content (AvgIpc) is 2.54. The topological polar surface area (TPSA) is 25.8 Å². The van der Waals surface area contributed by atoms with Gasteiger partial charge in [0.15, 0.2) is 0 Å². The molecule has 0 aliphatic carbocycles. The zero-order chi connectivity index (χ0) is 15.7. The van der Waals surface area contributed by atoms with Gasteiger partial charge in [0, 0.05) is 10.4 Å². The first-order valence-corrected chi connectivity index (χ1v) is 6.99. The van der Waals surface area contributed by atoms with Crippen LogP contribution in [0.5, 0.6) is 0 Å². The molecule has 0 amide bonds.